The molecule has 0 radical (unpaired) electrons. The molecule has 8 nitrogen and oxygen atoms in total. The van der Waals surface area contributed by atoms with Crippen molar-refractivity contribution < 1.29 is 20.1 Å². The van der Waals surface area contributed by atoms with Gasteiger partial charge in [0.15, 0.2) is 0 Å². The van der Waals surface area contributed by atoms with E-state index in [4.69, 9.17) is 5.11 Å². The SMILES string of the molecule is O=C(O)N1CCC(O)(c2ccc3nc(O)cc(=O)n3c2)CC1. The molecule has 2 aromatic rings. The Hall–Kier alpha value is -2.61. The van der Waals surface area contributed by atoms with Gasteiger partial charge in [0.05, 0.1) is 11.7 Å². The van der Waals surface area contributed by atoms with Crippen LogP contribution in [0, 0.1) is 0 Å². The number of amides is 1. The van der Waals surface area contributed by atoms with Crippen LogP contribution in [0.4, 0.5) is 4.79 Å². The number of hydrogen-bond acceptors (Lipinski definition) is 5. The Bertz CT molecular complexity index is 793. The lowest BCUT2D eigenvalue weighted by Crippen LogP contribution is -2.44. The molecule has 0 saturated carbocycles. The minimum Gasteiger partial charge on any atom is -0.493 e. The topological polar surface area (TPSA) is 115 Å². The lowest BCUT2D eigenvalue weighted by molar-refractivity contribution is -0.0216. The molecule has 0 atom stereocenters. The molecule has 0 spiro atoms. The van der Waals surface area contributed by atoms with Gasteiger partial charge in [-0.15, -0.1) is 0 Å². The van der Waals surface area contributed by atoms with Gasteiger partial charge in [0.1, 0.15) is 5.65 Å². The van der Waals surface area contributed by atoms with Crippen molar-refractivity contribution in [1.82, 2.24) is 14.3 Å². The van der Waals surface area contributed by atoms with Crippen molar-refractivity contribution in [3.05, 3.63) is 40.3 Å². The maximum atomic E-state index is 11.9. The summed E-state index contributed by atoms with van der Waals surface area (Å²) in [5.41, 5.74) is -0.826. The average Bonchev–Trinajstić information content (AvgIpc) is 2.47. The van der Waals surface area contributed by atoms with Gasteiger partial charge in [-0.3, -0.25) is 9.20 Å². The number of aliphatic hydroxyl groups is 1. The fraction of sp³-hybridized carbons (Fsp3) is 0.357. The van der Waals surface area contributed by atoms with E-state index in [1.807, 2.05) is 0 Å². The van der Waals surface area contributed by atoms with Crippen LogP contribution in [0.5, 0.6) is 5.88 Å². The molecule has 0 bridgehead atoms. The minimum absolute atomic E-state index is 0.229. The molecular formula is C14H15N3O5. The Labute approximate surface area is 124 Å². The first kappa shape index (κ1) is 14.3. The first-order valence-electron chi connectivity index (χ1n) is 6.82. The van der Waals surface area contributed by atoms with E-state index in [9.17, 15) is 19.8 Å². The smallest absolute Gasteiger partial charge is 0.407 e. The number of carboxylic acid groups (broad SMARTS) is 1. The van der Waals surface area contributed by atoms with Crippen LogP contribution in [0.25, 0.3) is 5.65 Å². The molecule has 116 valence electrons. The van der Waals surface area contributed by atoms with Crippen molar-refractivity contribution in [2.75, 3.05) is 13.1 Å². The largest absolute Gasteiger partial charge is 0.493 e. The van der Waals surface area contributed by atoms with Gasteiger partial charge in [0.25, 0.3) is 5.56 Å². The van der Waals surface area contributed by atoms with Crippen molar-refractivity contribution in [1.29, 1.82) is 0 Å². The highest BCUT2D eigenvalue weighted by Crippen LogP contribution is 2.32. The molecule has 0 unspecified atom stereocenters. The van der Waals surface area contributed by atoms with E-state index in [1.165, 1.54) is 21.6 Å². The van der Waals surface area contributed by atoms with Crippen LogP contribution < -0.4 is 5.56 Å². The van der Waals surface area contributed by atoms with Crippen molar-refractivity contribution in [2.45, 2.75) is 18.4 Å². The normalized spacial score (nSPS) is 17.6. The highest BCUT2D eigenvalue weighted by molar-refractivity contribution is 5.65. The third kappa shape index (κ3) is 2.37. The zero-order valence-corrected chi connectivity index (χ0v) is 11.6. The predicted molar refractivity (Wildman–Crippen MR) is 75.9 cm³/mol. The number of aromatic hydroxyl groups is 1. The molecule has 22 heavy (non-hydrogen) atoms. The number of carbonyl (C=O) groups is 1. The quantitative estimate of drug-likeness (QED) is 0.700. The molecule has 1 aliphatic heterocycles. The first-order valence-corrected chi connectivity index (χ1v) is 6.82. The zero-order valence-electron chi connectivity index (χ0n) is 11.6. The first-order chi connectivity index (χ1) is 10.4. The van der Waals surface area contributed by atoms with E-state index >= 15 is 0 Å². The fourth-order valence-electron chi connectivity index (χ4n) is 2.72. The fourth-order valence-corrected chi connectivity index (χ4v) is 2.72. The molecule has 3 heterocycles. The number of likely N-dealkylation sites (tertiary alicyclic amines) is 1. The predicted octanol–water partition coefficient (Wildman–Crippen LogP) is 0.362. The maximum Gasteiger partial charge on any atom is 0.407 e. The lowest BCUT2D eigenvalue weighted by atomic mass is 9.85. The van der Waals surface area contributed by atoms with Gasteiger partial charge in [-0.2, -0.15) is 4.98 Å². The monoisotopic (exact) mass is 305 g/mol. The summed E-state index contributed by atoms with van der Waals surface area (Å²) >= 11 is 0. The molecule has 0 aliphatic carbocycles. The molecule has 3 N–H and O–H groups in total. The van der Waals surface area contributed by atoms with E-state index in [0.717, 1.165) is 6.07 Å². The van der Waals surface area contributed by atoms with Crippen molar-refractivity contribution in [3.8, 4) is 5.88 Å². The van der Waals surface area contributed by atoms with Crippen LogP contribution in [0.3, 0.4) is 0 Å². The van der Waals surface area contributed by atoms with Crippen LogP contribution in [-0.4, -0.2) is 48.8 Å². The van der Waals surface area contributed by atoms with Crippen molar-refractivity contribution in [2.24, 2.45) is 0 Å². The molecule has 3 rings (SSSR count). The summed E-state index contributed by atoms with van der Waals surface area (Å²) in [4.78, 5) is 27.9. The Balaban J connectivity index is 1.97. The highest BCUT2D eigenvalue weighted by atomic mass is 16.4. The van der Waals surface area contributed by atoms with Crippen LogP contribution in [0.15, 0.2) is 29.2 Å². The Kier molecular flexibility index (Phi) is 3.25. The summed E-state index contributed by atoms with van der Waals surface area (Å²) in [6, 6.07) is 4.17. The number of nitrogens with zero attached hydrogens (tertiary/aromatic N) is 3. The summed E-state index contributed by atoms with van der Waals surface area (Å²) in [7, 11) is 0. The number of hydrogen-bond donors (Lipinski definition) is 3. The Morgan fingerprint density at radius 2 is 1.95 bits per heavy atom. The van der Waals surface area contributed by atoms with Gasteiger partial charge < -0.3 is 20.2 Å². The summed E-state index contributed by atoms with van der Waals surface area (Å²) in [5, 5.41) is 29.0. The van der Waals surface area contributed by atoms with Crippen LogP contribution in [0.2, 0.25) is 0 Å². The second-order valence-electron chi connectivity index (χ2n) is 5.40. The molecule has 2 aromatic heterocycles. The number of fused-ring (bicyclic) bond motifs is 1. The second-order valence-corrected chi connectivity index (χ2v) is 5.40. The van der Waals surface area contributed by atoms with Gasteiger partial charge in [-0.1, -0.05) is 6.07 Å². The Morgan fingerprint density at radius 1 is 1.27 bits per heavy atom. The van der Waals surface area contributed by atoms with Crippen LogP contribution in [-0.2, 0) is 5.60 Å². The van der Waals surface area contributed by atoms with Gasteiger partial charge in [-0.05, 0) is 18.9 Å². The molecular weight excluding hydrogens is 290 g/mol. The number of aromatic nitrogens is 2. The number of pyridine rings is 1. The zero-order chi connectivity index (χ0) is 15.9. The lowest BCUT2D eigenvalue weighted by Gasteiger charge is -2.37. The van der Waals surface area contributed by atoms with Crippen LogP contribution >= 0.6 is 0 Å². The highest BCUT2D eigenvalue weighted by Gasteiger charge is 2.35. The van der Waals surface area contributed by atoms with E-state index in [1.54, 1.807) is 6.07 Å². The molecule has 1 saturated heterocycles. The third-order valence-electron chi connectivity index (χ3n) is 4.04. The van der Waals surface area contributed by atoms with Crippen molar-refractivity contribution >= 4 is 11.7 Å². The Morgan fingerprint density at radius 3 is 2.59 bits per heavy atom. The third-order valence-corrected chi connectivity index (χ3v) is 4.04. The standard InChI is InChI=1S/C14H15N3O5/c18-11-7-12(19)17-8-9(1-2-10(17)15-11)14(22)3-5-16(6-4-14)13(20)21/h1-2,7-8,18,22H,3-6H2,(H,20,21). The number of piperidine rings is 1. The minimum atomic E-state index is -1.18. The van der Waals surface area contributed by atoms with Gasteiger partial charge >= 0.3 is 6.09 Å². The summed E-state index contributed by atoms with van der Waals surface area (Å²) in [6.45, 7) is 0.458. The molecule has 8 heteroatoms. The average molecular weight is 305 g/mol. The molecule has 1 aliphatic rings. The summed E-state index contributed by atoms with van der Waals surface area (Å²) < 4.78 is 1.25. The molecule has 1 amide bonds. The second kappa shape index (κ2) is 4.99. The molecule has 0 aromatic carbocycles. The van der Waals surface area contributed by atoms with Gasteiger partial charge in [0, 0.05) is 24.8 Å². The van der Waals surface area contributed by atoms with Gasteiger partial charge in [0.2, 0.25) is 5.88 Å². The summed E-state index contributed by atoms with van der Waals surface area (Å²) in [6.07, 6.45) is 0.993. The van der Waals surface area contributed by atoms with E-state index in [2.05, 4.69) is 4.98 Å². The van der Waals surface area contributed by atoms with E-state index in [-0.39, 0.29) is 37.5 Å². The van der Waals surface area contributed by atoms with E-state index < -0.39 is 17.3 Å². The molecule has 1 fully saturated rings. The summed E-state index contributed by atoms with van der Waals surface area (Å²) in [5.74, 6) is -0.355. The van der Waals surface area contributed by atoms with Gasteiger partial charge in [-0.25, -0.2) is 4.79 Å². The van der Waals surface area contributed by atoms with Crippen molar-refractivity contribution in [3.63, 3.8) is 0 Å². The van der Waals surface area contributed by atoms with Crippen LogP contribution in [0.1, 0.15) is 18.4 Å². The van der Waals surface area contributed by atoms with E-state index in [0.29, 0.717) is 5.56 Å². The number of rotatable bonds is 1. The maximum absolute atomic E-state index is 11.9.